The molecule has 0 bridgehead atoms. The van der Waals surface area contributed by atoms with Gasteiger partial charge in [0.25, 0.3) is 0 Å². The molecular weight excluding hydrogens is 150 g/mol. The molecule has 0 fully saturated rings. The van der Waals surface area contributed by atoms with Gasteiger partial charge in [0.2, 0.25) is 0 Å². The molecule has 0 aliphatic carbocycles. The summed E-state index contributed by atoms with van der Waals surface area (Å²) >= 11 is 0. The molecule has 0 atom stereocenters. The number of ketones is 1. The summed E-state index contributed by atoms with van der Waals surface area (Å²) in [5.74, 6) is -0.0244. The van der Waals surface area contributed by atoms with E-state index < -0.39 is 0 Å². The number of carbonyl (C=O) groups is 1. The molecule has 0 unspecified atom stereocenters. The number of nitrogens with zero attached hydrogens (tertiary/aromatic N) is 1. The van der Waals surface area contributed by atoms with Gasteiger partial charge < -0.3 is 0 Å². The summed E-state index contributed by atoms with van der Waals surface area (Å²) < 4.78 is 0. The van der Waals surface area contributed by atoms with E-state index in [0.29, 0.717) is 6.42 Å². The minimum absolute atomic E-state index is 0.00882. The number of hydrogen-bond acceptors (Lipinski definition) is 2. The monoisotopic (exact) mass is 159 g/mol. The first kappa shape index (κ1) is 8.48. The average Bonchev–Trinajstić information content (AvgIpc) is 2.06. The van der Waals surface area contributed by atoms with Crippen LogP contribution in [0.3, 0.4) is 0 Å². The van der Waals surface area contributed by atoms with Crippen molar-refractivity contribution >= 4 is 5.78 Å². The number of Topliss-reactive ketones (excluding diaryl/α,β-unsaturated/α-hetero) is 1. The molecule has 1 rings (SSSR count). The summed E-state index contributed by atoms with van der Waals surface area (Å²) in [5, 5.41) is 8.24. The molecule has 0 saturated carbocycles. The molecule has 0 aliphatic heterocycles. The largest absolute Gasteiger partial charge is 0.298 e. The fraction of sp³-hybridized carbons (Fsp3) is 0.200. The van der Waals surface area contributed by atoms with E-state index in [2.05, 4.69) is 0 Å². The normalized spacial score (nSPS) is 8.92. The van der Waals surface area contributed by atoms with Crippen molar-refractivity contribution in [3.63, 3.8) is 0 Å². The topological polar surface area (TPSA) is 40.9 Å². The van der Waals surface area contributed by atoms with Crippen molar-refractivity contribution in [2.24, 2.45) is 0 Å². The SMILES string of the molecule is N#CCC(=O)Cc1ccccc1. The highest BCUT2D eigenvalue weighted by atomic mass is 16.1. The van der Waals surface area contributed by atoms with E-state index in [0.717, 1.165) is 5.56 Å². The Hall–Kier alpha value is -1.62. The van der Waals surface area contributed by atoms with Crippen molar-refractivity contribution in [2.75, 3.05) is 0 Å². The van der Waals surface area contributed by atoms with Gasteiger partial charge in [0.05, 0.1) is 12.5 Å². The van der Waals surface area contributed by atoms with E-state index in [4.69, 9.17) is 5.26 Å². The third kappa shape index (κ3) is 2.55. The van der Waals surface area contributed by atoms with Crippen LogP contribution in [0.25, 0.3) is 0 Å². The molecule has 0 saturated heterocycles. The molecule has 0 aliphatic rings. The van der Waals surface area contributed by atoms with Gasteiger partial charge in [0, 0.05) is 6.42 Å². The van der Waals surface area contributed by atoms with Crippen LogP contribution < -0.4 is 0 Å². The zero-order valence-corrected chi connectivity index (χ0v) is 6.66. The van der Waals surface area contributed by atoms with Gasteiger partial charge in [-0.3, -0.25) is 4.79 Å². The van der Waals surface area contributed by atoms with Gasteiger partial charge in [-0.2, -0.15) is 5.26 Å². The average molecular weight is 159 g/mol. The summed E-state index contributed by atoms with van der Waals surface area (Å²) in [4.78, 5) is 11.0. The summed E-state index contributed by atoms with van der Waals surface area (Å²) in [6, 6.07) is 11.3. The minimum atomic E-state index is -0.0244. The second-order valence-electron chi connectivity index (χ2n) is 2.54. The molecule has 0 N–H and O–H groups in total. The van der Waals surface area contributed by atoms with Crippen LogP contribution in [0.4, 0.5) is 0 Å². The number of rotatable bonds is 3. The predicted molar refractivity (Wildman–Crippen MR) is 45.4 cm³/mol. The Balaban J connectivity index is 2.54. The highest BCUT2D eigenvalue weighted by Gasteiger charge is 2.00. The Labute approximate surface area is 71.4 Å². The first-order valence-electron chi connectivity index (χ1n) is 3.75. The smallest absolute Gasteiger partial charge is 0.151 e. The van der Waals surface area contributed by atoms with Crippen molar-refractivity contribution in [2.45, 2.75) is 12.8 Å². The van der Waals surface area contributed by atoms with E-state index in [9.17, 15) is 4.79 Å². The van der Waals surface area contributed by atoms with Crippen LogP contribution in [0.15, 0.2) is 30.3 Å². The Kier molecular flexibility index (Phi) is 3.04. The Bertz CT molecular complexity index is 297. The van der Waals surface area contributed by atoms with Crippen molar-refractivity contribution in [1.82, 2.24) is 0 Å². The molecule has 2 heteroatoms. The van der Waals surface area contributed by atoms with E-state index in [1.165, 1.54) is 0 Å². The second-order valence-corrected chi connectivity index (χ2v) is 2.54. The Morgan fingerprint density at radius 1 is 1.33 bits per heavy atom. The van der Waals surface area contributed by atoms with E-state index in [1.807, 2.05) is 36.4 Å². The van der Waals surface area contributed by atoms with Gasteiger partial charge >= 0.3 is 0 Å². The fourth-order valence-corrected chi connectivity index (χ4v) is 0.974. The van der Waals surface area contributed by atoms with Gasteiger partial charge in [0.15, 0.2) is 5.78 Å². The van der Waals surface area contributed by atoms with Crippen molar-refractivity contribution in [3.8, 4) is 6.07 Å². The van der Waals surface area contributed by atoms with E-state index >= 15 is 0 Å². The van der Waals surface area contributed by atoms with Crippen LogP contribution in [0, 0.1) is 11.3 Å². The molecule has 0 spiro atoms. The lowest BCUT2D eigenvalue weighted by molar-refractivity contribution is -0.117. The maximum absolute atomic E-state index is 11.0. The molecule has 0 amide bonds. The third-order valence-electron chi connectivity index (χ3n) is 1.52. The molecule has 60 valence electrons. The molecule has 2 nitrogen and oxygen atoms in total. The van der Waals surface area contributed by atoms with Crippen LogP contribution in [0.5, 0.6) is 0 Å². The molecule has 0 heterocycles. The van der Waals surface area contributed by atoms with E-state index in [1.54, 1.807) is 0 Å². The fourth-order valence-electron chi connectivity index (χ4n) is 0.974. The van der Waals surface area contributed by atoms with Crippen molar-refractivity contribution < 1.29 is 4.79 Å². The molecular formula is C10H9NO. The molecule has 1 aromatic rings. The lowest BCUT2D eigenvalue weighted by atomic mass is 10.1. The quantitative estimate of drug-likeness (QED) is 0.673. The van der Waals surface area contributed by atoms with Gasteiger partial charge in [-0.15, -0.1) is 0 Å². The maximum Gasteiger partial charge on any atom is 0.151 e. The number of benzene rings is 1. The zero-order valence-electron chi connectivity index (χ0n) is 6.66. The highest BCUT2D eigenvalue weighted by molar-refractivity contribution is 5.82. The van der Waals surface area contributed by atoms with Gasteiger partial charge in [-0.1, -0.05) is 30.3 Å². The Morgan fingerprint density at radius 3 is 2.58 bits per heavy atom. The van der Waals surface area contributed by atoms with Crippen LogP contribution in [0.1, 0.15) is 12.0 Å². The van der Waals surface area contributed by atoms with Crippen LogP contribution in [-0.4, -0.2) is 5.78 Å². The van der Waals surface area contributed by atoms with Gasteiger partial charge in [0.1, 0.15) is 0 Å². The first-order chi connectivity index (χ1) is 5.83. The van der Waals surface area contributed by atoms with Crippen LogP contribution in [0.2, 0.25) is 0 Å². The molecule has 1 aromatic carbocycles. The number of nitriles is 1. The first-order valence-corrected chi connectivity index (χ1v) is 3.75. The summed E-state index contributed by atoms with van der Waals surface area (Å²) in [6.07, 6.45) is 0.378. The molecule has 0 radical (unpaired) electrons. The number of carbonyl (C=O) groups excluding carboxylic acids is 1. The summed E-state index contributed by atoms with van der Waals surface area (Å²) in [5.41, 5.74) is 0.970. The standard InChI is InChI=1S/C10H9NO/c11-7-6-10(12)8-9-4-2-1-3-5-9/h1-5H,6,8H2. The zero-order chi connectivity index (χ0) is 8.81. The summed E-state index contributed by atoms with van der Waals surface area (Å²) in [7, 11) is 0. The molecule has 0 aromatic heterocycles. The van der Waals surface area contributed by atoms with Crippen LogP contribution in [-0.2, 0) is 11.2 Å². The predicted octanol–water partition coefficient (Wildman–Crippen LogP) is 1.71. The second kappa shape index (κ2) is 4.30. The lowest BCUT2D eigenvalue weighted by Crippen LogP contribution is -2.00. The third-order valence-corrected chi connectivity index (χ3v) is 1.52. The lowest BCUT2D eigenvalue weighted by Gasteiger charge is -1.95. The minimum Gasteiger partial charge on any atom is -0.298 e. The highest BCUT2D eigenvalue weighted by Crippen LogP contribution is 2.00. The van der Waals surface area contributed by atoms with Crippen molar-refractivity contribution in [3.05, 3.63) is 35.9 Å². The van der Waals surface area contributed by atoms with Gasteiger partial charge in [-0.05, 0) is 5.56 Å². The summed E-state index contributed by atoms with van der Waals surface area (Å²) in [6.45, 7) is 0. The molecule has 12 heavy (non-hydrogen) atoms. The van der Waals surface area contributed by atoms with Crippen molar-refractivity contribution in [1.29, 1.82) is 5.26 Å². The number of hydrogen-bond donors (Lipinski definition) is 0. The maximum atomic E-state index is 11.0. The Morgan fingerprint density at radius 2 is 2.00 bits per heavy atom. The van der Waals surface area contributed by atoms with E-state index in [-0.39, 0.29) is 12.2 Å². The van der Waals surface area contributed by atoms with Gasteiger partial charge in [-0.25, -0.2) is 0 Å². The van der Waals surface area contributed by atoms with Crippen LogP contribution >= 0.6 is 0 Å².